The number of nitrogens with one attached hydrogen (secondary N) is 1. The normalized spacial score (nSPS) is 13.3. The van der Waals surface area contributed by atoms with Gasteiger partial charge in [-0.1, -0.05) is 20.3 Å². The molecule has 1 aromatic rings. The second-order valence-corrected chi connectivity index (χ2v) is 5.62. The van der Waals surface area contributed by atoms with E-state index < -0.39 is 0 Å². The molecule has 0 radical (unpaired) electrons. The van der Waals surface area contributed by atoms with Gasteiger partial charge in [0.2, 0.25) is 5.91 Å². The third kappa shape index (κ3) is 5.88. The molecule has 0 saturated carbocycles. The lowest BCUT2D eigenvalue weighted by atomic mass is 10.0. The Balaban J connectivity index is 2.43. The van der Waals surface area contributed by atoms with E-state index in [1.807, 2.05) is 13.8 Å². The Kier molecular flexibility index (Phi) is 7.64. The van der Waals surface area contributed by atoms with Crippen molar-refractivity contribution in [3.05, 3.63) is 29.8 Å². The van der Waals surface area contributed by atoms with Crippen molar-refractivity contribution in [2.75, 3.05) is 6.61 Å². The van der Waals surface area contributed by atoms with Crippen molar-refractivity contribution in [1.82, 2.24) is 5.32 Å². The molecule has 0 saturated heterocycles. The molecule has 1 amide bonds. The van der Waals surface area contributed by atoms with Crippen molar-refractivity contribution in [3.8, 4) is 5.75 Å². The Morgan fingerprint density at radius 2 is 1.73 bits per heavy atom. The first-order valence-corrected chi connectivity index (χ1v) is 8.03. The number of benzene rings is 1. The van der Waals surface area contributed by atoms with E-state index in [4.69, 9.17) is 4.74 Å². The number of ketones is 1. The average molecular weight is 305 g/mol. The predicted octanol–water partition coefficient (Wildman–Crippen LogP) is 3.60. The van der Waals surface area contributed by atoms with E-state index >= 15 is 0 Å². The summed E-state index contributed by atoms with van der Waals surface area (Å²) in [5.74, 6) is 1.10. The maximum Gasteiger partial charge on any atom is 0.220 e. The molecule has 0 spiro atoms. The Hall–Kier alpha value is -1.84. The molecule has 0 aliphatic rings. The molecule has 4 nitrogen and oxygen atoms in total. The van der Waals surface area contributed by atoms with Crippen LogP contribution in [-0.2, 0) is 4.79 Å². The van der Waals surface area contributed by atoms with Gasteiger partial charge in [-0.3, -0.25) is 9.59 Å². The van der Waals surface area contributed by atoms with Gasteiger partial charge in [-0.25, -0.2) is 0 Å². The standard InChI is InChI=1S/C18H27NO3/c1-5-13(3)14(4)19-18(21)12-11-17(20)15-7-9-16(10-8-15)22-6-2/h7-10,13-14H,5-6,11-12H2,1-4H3,(H,19,21). The molecule has 1 rings (SSSR count). The molecule has 0 aliphatic carbocycles. The fourth-order valence-electron chi connectivity index (χ4n) is 2.10. The number of hydrogen-bond donors (Lipinski definition) is 1. The summed E-state index contributed by atoms with van der Waals surface area (Å²) in [6, 6.07) is 7.18. The van der Waals surface area contributed by atoms with Gasteiger partial charge in [0.25, 0.3) is 0 Å². The van der Waals surface area contributed by atoms with Gasteiger partial charge in [-0.2, -0.15) is 0 Å². The van der Waals surface area contributed by atoms with E-state index in [0.29, 0.717) is 18.1 Å². The molecule has 2 unspecified atom stereocenters. The van der Waals surface area contributed by atoms with Crippen LogP contribution in [0.3, 0.4) is 0 Å². The van der Waals surface area contributed by atoms with Crippen molar-refractivity contribution in [2.24, 2.45) is 5.92 Å². The molecule has 22 heavy (non-hydrogen) atoms. The van der Waals surface area contributed by atoms with Crippen LogP contribution in [-0.4, -0.2) is 24.3 Å². The lowest BCUT2D eigenvalue weighted by Gasteiger charge is -2.19. The molecule has 122 valence electrons. The predicted molar refractivity (Wildman–Crippen MR) is 88.2 cm³/mol. The number of ether oxygens (including phenoxy) is 1. The summed E-state index contributed by atoms with van der Waals surface area (Å²) >= 11 is 0. The topological polar surface area (TPSA) is 55.4 Å². The average Bonchev–Trinajstić information content (AvgIpc) is 2.52. The molecule has 0 aromatic heterocycles. The summed E-state index contributed by atoms with van der Waals surface area (Å²) in [4.78, 5) is 23.9. The quantitative estimate of drug-likeness (QED) is 0.709. The molecule has 0 fully saturated rings. The Morgan fingerprint density at radius 3 is 2.27 bits per heavy atom. The fraction of sp³-hybridized carbons (Fsp3) is 0.556. The molecule has 0 heterocycles. The summed E-state index contributed by atoms with van der Waals surface area (Å²) in [6.45, 7) is 8.72. The number of amides is 1. The van der Waals surface area contributed by atoms with Gasteiger partial charge >= 0.3 is 0 Å². The highest BCUT2D eigenvalue weighted by molar-refractivity contribution is 5.98. The van der Waals surface area contributed by atoms with Crippen LogP contribution in [0.5, 0.6) is 5.75 Å². The zero-order chi connectivity index (χ0) is 16.5. The first-order valence-electron chi connectivity index (χ1n) is 8.03. The molecule has 0 bridgehead atoms. The van der Waals surface area contributed by atoms with E-state index in [9.17, 15) is 9.59 Å². The molecule has 1 aromatic carbocycles. The van der Waals surface area contributed by atoms with Gasteiger partial charge < -0.3 is 10.1 Å². The highest BCUT2D eigenvalue weighted by Crippen LogP contribution is 2.14. The van der Waals surface area contributed by atoms with E-state index in [2.05, 4.69) is 19.2 Å². The Labute approximate surface area is 133 Å². The van der Waals surface area contributed by atoms with E-state index in [-0.39, 0.29) is 30.6 Å². The summed E-state index contributed by atoms with van der Waals surface area (Å²) in [5, 5.41) is 2.95. The number of Topliss-reactive ketones (excluding diaryl/α,β-unsaturated/α-hetero) is 1. The van der Waals surface area contributed by atoms with Gasteiger partial charge in [0, 0.05) is 24.4 Å². The maximum absolute atomic E-state index is 12.1. The third-order valence-corrected chi connectivity index (χ3v) is 3.95. The molecule has 2 atom stereocenters. The molecule has 0 aliphatic heterocycles. The summed E-state index contributed by atoms with van der Waals surface area (Å²) in [6.07, 6.45) is 1.48. The van der Waals surface area contributed by atoms with E-state index in [0.717, 1.165) is 12.2 Å². The van der Waals surface area contributed by atoms with Crippen molar-refractivity contribution in [2.45, 2.75) is 53.0 Å². The third-order valence-electron chi connectivity index (χ3n) is 3.95. The lowest BCUT2D eigenvalue weighted by molar-refractivity contribution is -0.122. The highest BCUT2D eigenvalue weighted by Gasteiger charge is 2.14. The van der Waals surface area contributed by atoms with Gasteiger partial charge in [-0.15, -0.1) is 0 Å². The fourth-order valence-corrected chi connectivity index (χ4v) is 2.10. The number of hydrogen-bond acceptors (Lipinski definition) is 3. The van der Waals surface area contributed by atoms with Crippen molar-refractivity contribution < 1.29 is 14.3 Å². The minimum atomic E-state index is -0.0629. The first kappa shape index (κ1) is 18.2. The zero-order valence-corrected chi connectivity index (χ0v) is 14.0. The second kappa shape index (κ2) is 9.23. The second-order valence-electron chi connectivity index (χ2n) is 5.62. The van der Waals surface area contributed by atoms with Gasteiger partial charge in [0.05, 0.1) is 6.61 Å². The summed E-state index contributed by atoms with van der Waals surface area (Å²) in [5.41, 5.74) is 0.617. The highest BCUT2D eigenvalue weighted by atomic mass is 16.5. The van der Waals surface area contributed by atoms with Crippen molar-refractivity contribution >= 4 is 11.7 Å². The van der Waals surface area contributed by atoms with Crippen LogP contribution in [0.2, 0.25) is 0 Å². The van der Waals surface area contributed by atoms with E-state index in [1.54, 1.807) is 24.3 Å². The van der Waals surface area contributed by atoms with Crippen LogP contribution >= 0.6 is 0 Å². The minimum Gasteiger partial charge on any atom is -0.494 e. The largest absolute Gasteiger partial charge is 0.494 e. The molecular formula is C18H27NO3. The van der Waals surface area contributed by atoms with E-state index in [1.165, 1.54) is 0 Å². The molecular weight excluding hydrogens is 278 g/mol. The van der Waals surface area contributed by atoms with Crippen LogP contribution in [0, 0.1) is 5.92 Å². The minimum absolute atomic E-state index is 0.0191. The molecule has 4 heteroatoms. The van der Waals surface area contributed by atoms with Crippen LogP contribution in [0.25, 0.3) is 0 Å². The zero-order valence-electron chi connectivity index (χ0n) is 14.0. The number of carbonyl (C=O) groups is 2. The first-order chi connectivity index (χ1) is 10.5. The lowest BCUT2D eigenvalue weighted by Crippen LogP contribution is -2.36. The van der Waals surface area contributed by atoms with Crippen molar-refractivity contribution in [3.63, 3.8) is 0 Å². The Bertz CT molecular complexity index is 482. The monoisotopic (exact) mass is 305 g/mol. The van der Waals surface area contributed by atoms with Crippen LogP contribution < -0.4 is 10.1 Å². The van der Waals surface area contributed by atoms with Gasteiger partial charge in [0.15, 0.2) is 5.78 Å². The summed E-state index contributed by atoms with van der Waals surface area (Å²) in [7, 11) is 0. The number of carbonyl (C=O) groups excluding carboxylic acids is 2. The molecule has 1 N–H and O–H groups in total. The number of rotatable bonds is 9. The van der Waals surface area contributed by atoms with Crippen molar-refractivity contribution in [1.29, 1.82) is 0 Å². The van der Waals surface area contributed by atoms with Crippen LogP contribution in [0.4, 0.5) is 0 Å². The summed E-state index contributed by atoms with van der Waals surface area (Å²) < 4.78 is 5.34. The smallest absolute Gasteiger partial charge is 0.220 e. The Morgan fingerprint density at radius 1 is 1.09 bits per heavy atom. The SMILES string of the molecule is CCOc1ccc(C(=O)CCC(=O)NC(C)C(C)CC)cc1. The van der Waals surface area contributed by atoms with Gasteiger partial charge in [-0.05, 0) is 44.0 Å². The van der Waals surface area contributed by atoms with Crippen LogP contribution in [0.1, 0.15) is 57.3 Å². The van der Waals surface area contributed by atoms with Gasteiger partial charge in [0.1, 0.15) is 5.75 Å². The van der Waals surface area contributed by atoms with Crippen LogP contribution in [0.15, 0.2) is 24.3 Å². The maximum atomic E-state index is 12.1.